The predicted octanol–water partition coefficient (Wildman–Crippen LogP) is -0.945. The van der Waals surface area contributed by atoms with Crippen molar-refractivity contribution < 1.29 is 44.6 Å². The lowest BCUT2D eigenvalue weighted by molar-refractivity contribution is -0.271. The number of carbonyl (C=O) groups is 2. The molecule has 9 nitrogen and oxygen atoms in total. The van der Waals surface area contributed by atoms with Gasteiger partial charge in [0.15, 0.2) is 6.10 Å². The number of aliphatic carboxylic acids is 2. The first-order valence-electron chi connectivity index (χ1n) is 6.90. The average molecular weight is 340 g/mol. The van der Waals surface area contributed by atoms with Gasteiger partial charge in [0.05, 0.1) is 0 Å². The molecule has 1 aliphatic heterocycles. The third-order valence-corrected chi connectivity index (χ3v) is 3.38. The minimum atomic E-state index is -1.82. The van der Waals surface area contributed by atoms with E-state index in [-0.39, 0.29) is 5.75 Å². The zero-order valence-corrected chi connectivity index (χ0v) is 12.2. The third-order valence-electron chi connectivity index (χ3n) is 3.38. The summed E-state index contributed by atoms with van der Waals surface area (Å²) in [6.07, 6.45) is -6.54. The maximum Gasteiger partial charge on any atom is 0.335 e. The summed E-state index contributed by atoms with van der Waals surface area (Å²) in [5.74, 6) is -2.60. The summed E-state index contributed by atoms with van der Waals surface area (Å²) in [6, 6.07) is 6.17. The Hall–Kier alpha value is -2.46. The van der Waals surface area contributed by atoms with Gasteiger partial charge in [0.2, 0.25) is 6.29 Å². The maximum atomic E-state index is 11.0. The molecule has 0 amide bonds. The number of carboxylic acid groups (broad SMARTS) is 2. The molecule has 0 unspecified atom stereocenters. The fourth-order valence-electron chi connectivity index (χ4n) is 2.16. The van der Waals surface area contributed by atoms with E-state index in [1.54, 1.807) is 12.1 Å². The first-order chi connectivity index (χ1) is 11.3. The summed E-state index contributed by atoms with van der Waals surface area (Å²) < 4.78 is 10.4. The Bertz CT molecular complexity index is 642. The lowest BCUT2D eigenvalue weighted by atomic mass is 9.99. The molecule has 1 aliphatic rings. The van der Waals surface area contributed by atoms with Gasteiger partial charge < -0.3 is 35.0 Å². The summed E-state index contributed by atoms with van der Waals surface area (Å²) in [5, 5.41) is 46.9. The second-order valence-electron chi connectivity index (χ2n) is 5.06. The molecular formula is C15H16O9. The molecule has 9 heteroatoms. The monoisotopic (exact) mass is 340 g/mol. The Morgan fingerprint density at radius 1 is 1.04 bits per heavy atom. The highest BCUT2D eigenvalue weighted by Crippen LogP contribution is 2.27. The van der Waals surface area contributed by atoms with Crippen LogP contribution in [0, 0.1) is 0 Å². The normalized spacial score (nSPS) is 30.2. The van der Waals surface area contributed by atoms with Crippen LogP contribution in [0.4, 0.5) is 0 Å². The van der Waals surface area contributed by atoms with Crippen LogP contribution in [0.15, 0.2) is 30.3 Å². The van der Waals surface area contributed by atoms with E-state index in [2.05, 4.69) is 0 Å². The van der Waals surface area contributed by atoms with Gasteiger partial charge in [-0.25, -0.2) is 9.59 Å². The summed E-state index contributed by atoms with van der Waals surface area (Å²) in [7, 11) is 0. The van der Waals surface area contributed by atoms with Crippen molar-refractivity contribution >= 4 is 18.0 Å². The van der Waals surface area contributed by atoms with Crippen molar-refractivity contribution in [2.24, 2.45) is 0 Å². The average Bonchev–Trinajstić information content (AvgIpc) is 2.54. The first kappa shape index (κ1) is 17.9. The van der Waals surface area contributed by atoms with Gasteiger partial charge >= 0.3 is 11.9 Å². The second kappa shape index (κ2) is 7.41. The SMILES string of the molecule is O=C(O)/C=C/c1ccccc1O[C@@H]1O[C@H](C(=O)O)[C@@H](O)[C@H](O)[C@H]1O. The molecule has 24 heavy (non-hydrogen) atoms. The lowest BCUT2D eigenvalue weighted by Crippen LogP contribution is -2.61. The number of aliphatic hydroxyl groups excluding tert-OH is 3. The number of aliphatic hydroxyl groups is 3. The lowest BCUT2D eigenvalue weighted by Gasteiger charge is -2.38. The largest absolute Gasteiger partial charge is 0.479 e. The molecule has 0 saturated carbocycles. The Morgan fingerprint density at radius 2 is 1.71 bits per heavy atom. The number of ether oxygens (including phenoxy) is 2. The van der Waals surface area contributed by atoms with Gasteiger partial charge in [0.25, 0.3) is 0 Å². The van der Waals surface area contributed by atoms with E-state index in [1.807, 2.05) is 0 Å². The Balaban J connectivity index is 2.23. The fourth-order valence-corrected chi connectivity index (χ4v) is 2.16. The van der Waals surface area contributed by atoms with Crippen molar-refractivity contribution in [2.75, 3.05) is 0 Å². The molecule has 0 spiro atoms. The third kappa shape index (κ3) is 3.89. The molecule has 1 heterocycles. The summed E-state index contributed by atoms with van der Waals surface area (Å²) >= 11 is 0. The standard InChI is InChI=1S/C15H16O9/c16-9(17)6-5-7-3-1-2-4-8(7)23-15-12(20)10(18)11(19)13(24-15)14(21)22/h1-6,10-13,15,18-20H,(H,16,17)(H,21,22)/b6-5+/t10-,11-,12+,13-,15+/m0/s1. The molecule has 1 aromatic carbocycles. The van der Waals surface area contributed by atoms with E-state index in [4.69, 9.17) is 19.7 Å². The molecule has 0 radical (unpaired) electrons. The Morgan fingerprint density at radius 3 is 2.33 bits per heavy atom. The second-order valence-corrected chi connectivity index (χ2v) is 5.06. The van der Waals surface area contributed by atoms with Gasteiger partial charge in [-0.15, -0.1) is 0 Å². The highest BCUT2D eigenvalue weighted by molar-refractivity contribution is 5.85. The molecular weight excluding hydrogens is 324 g/mol. The quantitative estimate of drug-likeness (QED) is 0.427. The molecule has 0 bridgehead atoms. The summed E-state index contributed by atoms with van der Waals surface area (Å²) in [5.41, 5.74) is 0.336. The van der Waals surface area contributed by atoms with Crippen LogP contribution in [0.25, 0.3) is 6.08 Å². The smallest absolute Gasteiger partial charge is 0.335 e. The van der Waals surface area contributed by atoms with Crippen molar-refractivity contribution in [3.05, 3.63) is 35.9 Å². The van der Waals surface area contributed by atoms with E-state index in [9.17, 15) is 24.9 Å². The van der Waals surface area contributed by atoms with E-state index < -0.39 is 42.6 Å². The van der Waals surface area contributed by atoms with Crippen LogP contribution in [-0.4, -0.2) is 68.2 Å². The van der Waals surface area contributed by atoms with Crippen LogP contribution in [0.5, 0.6) is 5.75 Å². The summed E-state index contributed by atoms with van der Waals surface area (Å²) in [6.45, 7) is 0. The zero-order chi connectivity index (χ0) is 17.9. The Kier molecular flexibility index (Phi) is 5.52. The number of hydrogen-bond donors (Lipinski definition) is 5. The van der Waals surface area contributed by atoms with Gasteiger partial charge in [-0.2, -0.15) is 0 Å². The number of hydrogen-bond acceptors (Lipinski definition) is 7. The topological polar surface area (TPSA) is 154 Å². The van der Waals surface area contributed by atoms with Crippen molar-refractivity contribution in [1.29, 1.82) is 0 Å². The van der Waals surface area contributed by atoms with Crippen molar-refractivity contribution in [1.82, 2.24) is 0 Å². The van der Waals surface area contributed by atoms with Crippen LogP contribution in [-0.2, 0) is 14.3 Å². The first-order valence-corrected chi connectivity index (χ1v) is 6.90. The molecule has 130 valence electrons. The van der Waals surface area contributed by atoms with Gasteiger partial charge in [0, 0.05) is 11.6 Å². The van der Waals surface area contributed by atoms with E-state index in [0.29, 0.717) is 5.56 Å². The highest BCUT2D eigenvalue weighted by atomic mass is 16.7. The molecule has 1 saturated heterocycles. The fraction of sp³-hybridized carbons (Fsp3) is 0.333. The highest BCUT2D eigenvalue weighted by Gasteiger charge is 2.48. The molecule has 1 aromatic rings. The van der Waals surface area contributed by atoms with E-state index in [1.165, 1.54) is 18.2 Å². The molecule has 0 aromatic heterocycles. The van der Waals surface area contributed by atoms with Crippen LogP contribution in [0.3, 0.4) is 0 Å². The molecule has 0 aliphatic carbocycles. The predicted molar refractivity (Wildman–Crippen MR) is 78.1 cm³/mol. The van der Waals surface area contributed by atoms with Gasteiger partial charge in [-0.3, -0.25) is 0 Å². The number of para-hydroxylation sites is 1. The van der Waals surface area contributed by atoms with Gasteiger partial charge in [-0.05, 0) is 12.1 Å². The number of benzene rings is 1. The zero-order valence-electron chi connectivity index (χ0n) is 12.2. The van der Waals surface area contributed by atoms with Gasteiger partial charge in [-0.1, -0.05) is 18.2 Å². The minimum absolute atomic E-state index is 0.103. The number of rotatable bonds is 5. The Labute approximate surface area is 136 Å². The molecule has 5 atom stereocenters. The van der Waals surface area contributed by atoms with Crippen molar-refractivity contribution in [2.45, 2.75) is 30.7 Å². The van der Waals surface area contributed by atoms with Crippen LogP contribution in [0.2, 0.25) is 0 Å². The summed E-state index contributed by atoms with van der Waals surface area (Å²) in [4.78, 5) is 21.7. The van der Waals surface area contributed by atoms with E-state index >= 15 is 0 Å². The molecule has 5 N–H and O–H groups in total. The van der Waals surface area contributed by atoms with Crippen LogP contribution < -0.4 is 4.74 Å². The maximum absolute atomic E-state index is 11.0. The van der Waals surface area contributed by atoms with Crippen LogP contribution in [0.1, 0.15) is 5.56 Å². The number of carboxylic acids is 2. The van der Waals surface area contributed by atoms with Crippen molar-refractivity contribution in [3.63, 3.8) is 0 Å². The molecule has 2 rings (SSSR count). The van der Waals surface area contributed by atoms with Crippen molar-refractivity contribution in [3.8, 4) is 5.75 Å². The van der Waals surface area contributed by atoms with E-state index in [0.717, 1.165) is 6.08 Å². The van der Waals surface area contributed by atoms with Crippen LogP contribution >= 0.6 is 0 Å². The molecule has 1 fully saturated rings. The van der Waals surface area contributed by atoms with Gasteiger partial charge in [0.1, 0.15) is 24.1 Å². The minimum Gasteiger partial charge on any atom is -0.479 e.